The molecule has 1 aliphatic rings. The van der Waals surface area contributed by atoms with Gasteiger partial charge in [0.2, 0.25) is 0 Å². The van der Waals surface area contributed by atoms with Crippen molar-refractivity contribution in [3.05, 3.63) is 99.4 Å². The fourth-order valence-corrected chi connectivity index (χ4v) is 4.96. The number of carbonyl (C=O) groups is 3. The molecular formula is C28H23N3O4S. The first-order valence-electron chi connectivity index (χ1n) is 11.6. The lowest BCUT2D eigenvalue weighted by Gasteiger charge is -2.22. The lowest BCUT2D eigenvalue weighted by molar-refractivity contribution is -0.125. The smallest absolute Gasteiger partial charge is 0.339 e. The predicted molar refractivity (Wildman–Crippen MR) is 139 cm³/mol. The number of fused-ring (bicyclic) bond motifs is 2. The Morgan fingerprint density at radius 2 is 1.75 bits per heavy atom. The Morgan fingerprint density at radius 1 is 0.944 bits per heavy atom. The molecule has 2 aromatic heterocycles. The van der Waals surface area contributed by atoms with Crippen molar-refractivity contribution >= 4 is 51.7 Å². The minimum Gasteiger partial charge on any atom is -0.452 e. The Bertz CT molecular complexity index is 1460. The molecule has 7 nitrogen and oxygen atoms in total. The summed E-state index contributed by atoms with van der Waals surface area (Å²) in [6.45, 7) is -0.531. The van der Waals surface area contributed by atoms with Crippen LogP contribution in [0, 0.1) is 0 Å². The number of ether oxygens (including phenoxy) is 1. The molecule has 36 heavy (non-hydrogen) atoms. The quantitative estimate of drug-likeness (QED) is 0.305. The number of hydrogen-bond acceptors (Lipinski definition) is 6. The number of rotatable bonds is 5. The minimum atomic E-state index is -0.641. The zero-order chi connectivity index (χ0) is 24.9. The van der Waals surface area contributed by atoms with Crippen LogP contribution in [0.3, 0.4) is 0 Å². The van der Waals surface area contributed by atoms with Gasteiger partial charge in [-0.15, -0.1) is 11.3 Å². The van der Waals surface area contributed by atoms with Crippen molar-refractivity contribution in [2.75, 3.05) is 6.61 Å². The molecule has 0 atom stereocenters. The molecule has 2 N–H and O–H groups in total. The summed E-state index contributed by atoms with van der Waals surface area (Å²) in [6.07, 6.45) is 4.58. The highest BCUT2D eigenvalue weighted by atomic mass is 32.1. The number of amides is 2. The van der Waals surface area contributed by atoms with Gasteiger partial charge in [-0.3, -0.25) is 20.4 Å². The number of allylic oxidation sites excluding steroid dienone is 1. The van der Waals surface area contributed by atoms with Crippen LogP contribution in [0.2, 0.25) is 0 Å². The Labute approximate surface area is 211 Å². The van der Waals surface area contributed by atoms with Crippen molar-refractivity contribution in [3.63, 3.8) is 0 Å². The van der Waals surface area contributed by atoms with Crippen LogP contribution in [0.25, 0.3) is 22.6 Å². The normalized spacial score (nSPS) is 13.7. The van der Waals surface area contributed by atoms with E-state index in [1.165, 1.54) is 0 Å². The summed E-state index contributed by atoms with van der Waals surface area (Å²) in [5.74, 6) is -1.69. The summed E-state index contributed by atoms with van der Waals surface area (Å²) >= 11 is 1.65. The Hall–Kier alpha value is -4.30. The number of aromatic nitrogens is 1. The van der Waals surface area contributed by atoms with Crippen LogP contribution >= 0.6 is 11.3 Å². The van der Waals surface area contributed by atoms with Gasteiger partial charge in [-0.1, -0.05) is 42.5 Å². The number of nitrogens with zero attached hydrogens (tertiary/aromatic N) is 1. The molecule has 0 saturated heterocycles. The van der Waals surface area contributed by atoms with E-state index in [2.05, 4.69) is 23.0 Å². The first-order chi connectivity index (χ1) is 17.6. The summed E-state index contributed by atoms with van der Waals surface area (Å²) in [5.41, 5.74) is 8.87. The van der Waals surface area contributed by atoms with E-state index in [0.717, 1.165) is 34.5 Å². The van der Waals surface area contributed by atoms with Crippen LogP contribution in [-0.4, -0.2) is 29.4 Å². The van der Waals surface area contributed by atoms with Gasteiger partial charge in [-0.2, -0.15) is 0 Å². The van der Waals surface area contributed by atoms with Crippen molar-refractivity contribution in [2.24, 2.45) is 0 Å². The molecule has 0 aliphatic heterocycles. The molecule has 1 aliphatic carbocycles. The standard InChI is InChI=1S/C28H23N3O4S/c32-24(30-31-27(33)18-8-2-1-3-9-18)17-35-28(34)25-21-12-4-5-14-23(21)29-26-19(10-6-13-22(25)26)16-20-11-7-15-36-20/h1-5,7-9,11-12,14-16H,6,10,13,17H2,(H,30,32)(H,31,33). The molecule has 0 fully saturated rings. The van der Waals surface area contributed by atoms with Crippen molar-refractivity contribution in [1.82, 2.24) is 15.8 Å². The zero-order valence-electron chi connectivity index (χ0n) is 19.3. The predicted octanol–water partition coefficient (Wildman–Crippen LogP) is 4.79. The third-order valence-electron chi connectivity index (χ3n) is 5.92. The van der Waals surface area contributed by atoms with Gasteiger partial charge in [0, 0.05) is 15.8 Å². The molecule has 8 heteroatoms. The van der Waals surface area contributed by atoms with Crippen molar-refractivity contribution < 1.29 is 19.1 Å². The highest BCUT2D eigenvalue weighted by Crippen LogP contribution is 2.36. The van der Waals surface area contributed by atoms with Gasteiger partial charge < -0.3 is 4.74 Å². The summed E-state index contributed by atoms with van der Waals surface area (Å²) < 4.78 is 5.40. The highest BCUT2D eigenvalue weighted by molar-refractivity contribution is 7.10. The molecular weight excluding hydrogens is 474 g/mol. The van der Waals surface area contributed by atoms with E-state index in [9.17, 15) is 14.4 Å². The average molecular weight is 498 g/mol. The summed E-state index contributed by atoms with van der Waals surface area (Å²) in [5, 5.41) is 2.72. The van der Waals surface area contributed by atoms with Gasteiger partial charge in [0.25, 0.3) is 11.8 Å². The average Bonchev–Trinajstić information content (AvgIpc) is 3.43. The molecule has 0 radical (unpaired) electrons. The number of esters is 1. The molecule has 2 amide bonds. The number of para-hydroxylation sites is 1. The monoisotopic (exact) mass is 497 g/mol. The van der Waals surface area contributed by atoms with E-state index < -0.39 is 24.4 Å². The van der Waals surface area contributed by atoms with Gasteiger partial charge >= 0.3 is 5.97 Å². The maximum atomic E-state index is 13.3. The second kappa shape index (κ2) is 10.5. The van der Waals surface area contributed by atoms with E-state index in [1.54, 1.807) is 41.7 Å². The molecule has 0 spiro atoms. The number of pyridine rings is 1. The van der Waals surface area contributed by atoms with E-state index in [0.29, 0.717) is 28.5 Å². The number of hydrogen-bond donors (Lipinski definition) is 2. The number of hydrazine groups is 1. The number of nitrogens with one attached hydrogen (secondary N) is 2. The van der Waals surface area contributed by atoms with Gasteiger partial charge in [0.1, 0.15) is 0 Å². The maximum absolute atomic E-state index is 13.3. The number of benzene rings is 2. The fourth-order valence-electron chi connectivity index (χ4n) is 4.28. The van der Waals surface area contributed by atoms with Crippen LogP contribution in [-0.2, 0) is 16.0 Å². The van der Waals surface area contributed by atoms with Crippen LogP contribution < -0.4 is 10.9 Å². The first-order valence-corrected chi connectivity index (χ1v) is 12.5. The Morgan fingerprint density at radius 3 is 2.56 bits per heavy atom. The molecule has 2 aromatic carbocycles. The van der Waals surface area contributed by atoms with E-state index in [1.807, 2.05) is 35.7 Å². The van der Waals surface area contributed by atoms with Gasteiger partial charge in [-0.05, 0) is 66.1 Å². The van der Waals surface area contributed by atoms with E-state index in [-0.39, 0.29) is 0 Å². The molecule has 2 heterocycles. The molecule has 180 valence electrons. The third-order valence-corrected chi connectivity index (χ3v) is 6.74. The first kappa shape index (κ1) is 23.4. The van der Waals surface area contributed by atoms with Crippen molar-refractivity contribution in [3.8, 4) is 0 Å². The van der Waals surface area contributed by atoms with Crippen LogP contribution in [0.15, 0.2) is 72.1 Å². The maximum Gasteiger partial charge on any atom is 0.339 e. The van der Waals surface area contributed by atoms with Crippen molar-refractivity contribution in [1.29, 1.82) is 0 Å². The topological polar surface area (TPSA) is 97.4 Å². The minimum absolute atomic E-state index is 0.399. The zero-order valence-corrected chi connectivity index (χ0v) is 20.1. The van der Waals surface area contributed by atoms with Crippen LogP contribution in [0.4, 0.5) is 0 Å². The van der Waals surface area contributed by atoms with Gasteiger partial charge in [0.05, 0.1) is 16.8 Å². The number of carbonyl (C=O) groups excluding carboxylic acids is 3. The largest absolute Gasteiger partial charge is 0.452 e. The third kappa shape index (κ3) is 5.04. The molecule has 0 saturated carbocycles. The Balaban J connectivity index is 1.36. The summed E-state index contributed by atoms with van der Waals surface area (Å²) in [6, 6.07) is 20.0. The second-order valence-electron chi connectivity index (χ2n) is 8.31. The van der Waals surface area contributed by atoms with Gasteiger partial charge in [-0.25, -0.2) is 9.78 Å². The van der Waals surface area contributed by atoms with E-state index >= 15 is 0 Å². The SMILES string of the molecule is O=C(COC(=O)c1c2c(nc3ccccc13)C(=Cc1cccs1)CCC2)NNC(=O)c1ccccc1. The van der Waals surface area contributed by atoms with Gasteiger partial charge in [0.15, 0.2) is 6.61 Å². The Kier molecular flexibility index (Phi) is 6.86. The lowest BCUT2D eigenvalue weighted by Crippen LogP contribution is -2.43. The van der Waals surface area contributed by atoms with Crippen LogP contribution in [0.5, 0.6) is 0 Å². The highest BCUT2D eigenvalue weighted by Gasteiger charge is 2.26. The second-order valence-corrected chi connectivity index (χ2v) is 9.29. The fraction of sp³-hybridized carbons (Fsp3) is 0.143. The molecule has 5 rings (SSSR count). The lowest BCUT2D eigenvalue weighted by atomic mass is 9.86. The number of thiophene rings is 1. The molecule has 4 aromatic rings. The molecule has 0 unspecified atom stereocenters. The van der Waals surface area contributed by atoms with E-state index in [4.69, 9.17) is 9.72 Å². The van der Waals surface area contributed by atoms with Crippen LogP contribution in [0.1, 0.15) is 49.7 Å². The molecule has 0 bridgehead atoms. The van der Waals surface area contributed by atoms with Crippen molar-refractivity contribution in [2.45, 2.75) is 19.3 Å². The summed E-state index contributed by atoms with van der Waals surface area (Å²) in [4.78, 5) is 43.7. The summed E-state index contributed by atoms with van der Waals surface area (Å²) in [7, 11) is 0.